The topological polar surface area (TPSA) is 74.4 Å². The van der Waals surface area contributed by atoms with Crippen LogP contribution in [0, 0.1) is 0 Å². The normalized spacial score (nSPS) is 24.9. The lowest BCUT2D eigenvalue weighted by molar-refractivity contribution is -0.139. The molecule has 2 fully saturated rings. The van der Waals surface area contributed by atoms with Gasteiger partial charge < -0.3 is 9.80 Å². The van der Waals surface area contributed by atoms with E-state index < -0.39 is 6.04 Å². The molecule has 0 spiro atoms. The maximum absolute atomic E-state index is 12.1. The molecule has 0 unspecified atom stereocenters. The Bertz CT molecular complexity index is 392. The molecule has 2 aliphatic heterocycles. The van der Waals surface area contributed by atoms with Crippen LogP contribution < -0.4 is 5.48 Å². The molecule has 0 radical (unpaired) electrons. The third kappa shape index (κ3) is 3.45. The first-order valence-electron chi connectivity index (χ1n) is 7.32. The molecule has 0 aliphatic carbocycles. The summed E-state index contributed by atoms with van der Waals surface area (Å²) in [5.74, 6) is -0.265. The Labute approximate surface area is 124 Å². The summed E-state index contributed by atoms with van der Waals surface area (Å²) >= 11 is 0. The molecule has 8 nitrogen and oxygen atoms in total. The Morgan fingerprint density at radius 1 is 1.48 bits per heavy atom. The van der Waals surface area contributed by atoms with Gasteiger partial charge in [0.05, 0.1) is 19.8 Å². The SMILES string of the molecule is CCN(C)CCONC(=O)[C@@H]1CC[C@@H]2CN1C(=O)N2OC. The van der Waals surface area contributed by atoms with Crippen LogP contribution in [0.25, 0.3) is 0 Å². The first-order chi connectivity index (χ1) is 10.1. The number of piperidine rings is 1. The summed E-state index contributed by atoms with van der Waals surface area (Å²) in [6, 6.07) is -0.672. The van der Waals surface area contributed by atoms with Gasteiger partial charge in [-0.3, -0.25) is 14.5 Å². The van der Waals surface area contributed by atoms with Gasteiger partial charge in [-0.25, -0.2) is 10.3 Å². The number of amides is 3. The van der Waals surface area contributed by atoms with Crippen LogP contribution in [0.2, 0.25) is 0 Å². The minimum Gasteiger partial charge on any atom is -0.309 e. The van der Waals surface area contributed by atoms with E-state index in [1.54, 1.807) is 4.90 Å². The summed E-state index contributed by atoms with van der Waals surface area (Å²) in [6.45, 7) is 4.67. The van der Waals surface area contributed by atoms with Crippen LogP contribution in [-0.2, 0) is 14.5 Å². The Hall–Kier alpha value is -1.38. The van der Waals surface area contributed by atoms with Gasteiger partial charge in [0.2, 0.25) is 0 Å². The molecular formula is C13H24N4O4. The van der Waals surface area contributed by atoms with Crippen molar-refractivity contribution in [3.63, 3.8) is 0 Å². The number of carbonyl (C=O) groups excluding carboxylic acids is 2. The number of rotatable bonds is 7. The summed E-state index contributed by atoms with van der Waals surface area (Å²) < 4.78 is 0. The van der Waals surface area contributed by atoms with Gasteiger partial charge in [0, 0.05) is 13.1 Å². The third-order valence-electron chi connectivity index (χ3n) is 4.11. The molecular weight excluding hydrogens is 276 g/mol. The number of hydrogen-bond acceptors (Lipinski definition) is 5. The van der Waals surface area contributed by atoms with Gasteiger partial charge in [-0.05, 0) is 26.4 Å². The molecule has 2 heterocycles. The summed E-state index contributed by atoms with van der Waals surface area (Å²) in [4.78, 5) is 38.1. The molecule has 8 heteroatoms. The third-order valence-corrected chi connectivity index (χ3v) is 4.11. The summed E-state index contributed by atoms with van der Waals surface area (Å²) in [5, 5.41) is 1.35. The Kier molecular flexibility index (Phi) is 5.38. The van der Waals surface area contributed by atoms with Crippen molar-refractivity contribution >= 4 is 11.9 Å². The van der Waals surface area contributed by atoms with Crippen molar-refractivity contribution in [2.45, 2.75) is 31.8 Å². The molecule has 0 saturated carbocycles. The largest absolute Gasteiger partial charge is 0.345 e. The molecule has 0 aromatic heterocycles. The molecule has 0 aromatic carbocycles. The number of urea groups is 1. The van der Waals surface area contributed by atoms with Crippen LogP contribution in [0.4, 0.5) is 4.79 Å². The fourth-order valence-electron chi connectivity index (χ4n) is 2.69. The molecule has 2 bridgehead atoms. The van der Waals surface area contributed by atoms with Gasteiger partial charge in [0.25, 0.3) is 5.91 Å². The van der Waals surface area contributed by atoms with Gasteiger partial charge in [-0.15, -0.1) is 0 Å². The second-order valence-electron chi connectivity index (χ2n) is 5.40. The maximum Gasteiger partial charge on any atom is 0.345 e. The van der Waals surface area contributed by atoms with Crippen molar-refractivity contribution < 1.29 is 19.3 Å². The zero-order chi connectivity index (χ0) is 15.4. The predicted molar refractivity (Wildman–Crippen MR) is 75.0 cm³/mol. The zero-order valence-electron chi connectivity index (χ0n) is 12.9. The first-order valence-corrected chi connectivity index (χ1v) is 7.32. The average molecular weight is 300 g/mol. The van der Waals surface area contributed by atoms with Gasteiger partial charge in [0.15, 0.2) is 0 Å². The van der Waals surface area contributed by atoms with Crippen molar-refractivity contribution in [3.05, 3.63) is 0 Å². The van der Waals surface area contributed by atoms with Crippen molar-refractivity contribution in [2.75, 3.05) is 40.4 Å². The molecule has 2 atom stereocenters. The van der Waals surface area contributed by atoms with E-state index in [0.717, 1.165) is 19.5 Å². The summed E-state index contributed by atoms with van der Waals surface area (Å²) in [6.07, 6.45) is 1.38. The highest BCUT2D eigenvalue weighted by Crippen LogP contribution is 2.29. The van der Waals surface area contributed by atoms with Crippen LogP contribution in [0.3, 0.4) is 0 Å². The molecule has 2 saturated heterocycles. The molecule has 1 N–H and O–H groups in total. The number of nitrogens with zero attached hydrogens (tertiary/aromatic N) is 3. The summed E-state index contributed by atoms with van der Waals surface area (Å²) in [5.41, 5.74) is 2.45. The molecule has 120 valence electrons. The lowest BCUT2D eigenvalue weighted by Crippen LogP contribution is -2.50. The first kappa shape index (κ1) is 16.0. The lowest BCUT2D eigenvalue weighted by atomic mass is 10.0. The molecule has 2 aliphatic rings. The average Bonchev–Trinajstić information content (AvgIpc) is 2.74. The van der Waals surface area contributed by atoms with E-state index in [1.807, 2.05) is 7.05 Å². The number of carbonyl (C=O) groups is 2. The predicted octanol–water partition coefficient (Wildman–Crippen LogP) is -0.184. The van der Waals surface area contributed by atoms with E-state index in [4.69, 9.17) is 9.68 Å². The van der Waals surface area contributed by atoms with Crippen LogP contribution in [-0.4, -0.2) is 79.3 Å². The minimum atomic E-state index is -0.474. The number of hydroxylamine groups is 3. The Balaban J connectivity index is 1.80. The number of nitrogens with one attached hydrogen (secondary N) is 1. The molecule has 2 rings (SSSR count). The zero-order valence-corrected chi connectivity index (χ0v) is 12.9. The van der Waals surface area contributed by atoms with E-state index in [1.165, 1.54) is 12.2 Å². The smallest absolute Gasteiger partial charge is 0.309 e. The second kappa shape index (κ2) is 7.06. The van der Waals surface area contributed by atoms with Gasteiger partial charge in [-0.1, -0.05) is 6.92 Å². The molecule has 3 amide bonds. The van der Waals surface area contributed by atoms with Crippen molar-refractivity contribution in [2.24, 2.45) is 0 Å². The van der Waals surface area contributed by atoms with Crippen molar-refractivity contribution in [3.8, 4) is 0 Å². The molecule has 0 aromatic rings. The van der Waals surface area contributed by atoms with Crippen LogP contribution in [0.15, 0.2) is 0 Å². The summed E-state index contributed by atoms with van der Waals surface area (Å²) in [7, 11) is 3.46. The Morgan fingerprint density at radius 3 is 2.90 bits per heavy atom. The highest BCUT2D eigenvalue weighted by atomic mass is 16.7. The lowest BCUT2D eigenvalue weighted by Gasteiger charge is -2.29. The standard InChI is InChI=1S/C13H24N4O4/c1-4-15(2)7-8-21-14-12(18)11-6-5-10-9-16(11)13(19)17(10)20-3/h10-11H,4-9H2,1-3H3,(H,14,18)/t10-,11+/m1/s1. The fourth-order valence-corrected chi connectivity index (χ4v) is 2.69. The quantitative estimate of drug-likeness (QED) is 0.521. The van der Waals surface area contributed by atoms with Crippen molar-refractivity contribution in [1.29, 1.82) is 0 Å². The van der Waals surface area contributed by atoms with Gasteiger partial charge >= 0.3 is 6.03 Å². The van der Waals surface area contributed by atoms with Crippen molar-refractivity contribution in [1.82, 2.24) is 20.3 Å². The highest BCUT2D eigenvalue weighted by molar-refractivity contribution is 5.87. The molecule has 21 heavy (non-hydrogen) atoms. The van der Waals surface area contributed by atoms with E-state index in [0.29, 0.717) is 19.6 Å². The fraction of sp³-hybridized carbons (Fsp3) is 0.846. The van der Waals surface area contributed by atoms with E-state index in [-0.39, 0.29) is 18.0 Å². The van der Waals surface area contributed by atoms with Crippen LogP contribution in [0.5, 0.6) is 0 Å². The second-order valence-corrected chi connectivity index (χ2v) is 5.40. The van der Waals surface area contributed by atoms with E-state index >= 15 is 0 Å². The van der Waals surface area contributed by atoms with E-state index in [2.05, 4.69) is 17.3 Å². The monoisotopic (exact) mass is 300 g/mol. The number of fused-ring (bicyclic) bond motifs is 2. The number of likely N-dealkylation sites (N-methyl/N-ethyl adjacent to an activating group) is 1. The number of hydrogen-bond donors (Lipinski definition) is 1. The maximum atomic E-state index is 12.1. The Morgan fingerprint density at radius 2 is 2.24 bits per heavy atom. The van der Waals surface area contributed by atoms with Crippen LogP contribution >= 0.6 is 0 Å². The van der Waals surface area contributed by atoms with E-state index in [9.17, 15) is 9.59 Å². The van der Waals surface area contributed by atoms with Crippen LogP contribution in [0.1, 0.15) is 19.8 Å². The highest BCUT2D eigenvalue weighted by Gasteiger charge is 2.47. The van der Waals surface area contributed by atoms with Gasteiger partial charge in [0.1, 0.15) is 6.04 Å². The van der Waals surface area contributed by atoms with Gasteiger partial charge in [-0.2, -0.15) is 5.06 Å². The minimum absolute atomic E-state index is 0.0469.